The third kappa shape index (κ3) is 2.53. The van der Waals surface area contributed by atoms with E-state index in [1.165, 1.54) is 14.1 Å². The molecule has 2 aromatic carbocycles. The van der Waals surface area contributed by atoms with Crippen molar-refractivity contribution >= 4 is 27.2 Å². The number of hydrogen-bond acceptors (Lipinski definition) is 3. The fourth-order valence-electron chi connectivity index (χ4n) is 2.75. The van der Waals surface area contributed by atoms with Gasteiger partial charge in [0.1, 0.15) is 0 Å². The summed E-state index contributed by atoms with van der Waals surface area (Å²) < 4.78 is 25.8. The molecule has 1 aromatic heterocycles. The van der Waals surface area contributed by atoms with Crippen molar-refractivity contribution < 1.29 is 13.2 Å². The van der Waals surface area contributed by atoms with E-state index >= 15 is 0 Å². The lowest BCUT2D eigenvalue weighted by atomic mass is 10.0. The van der Waals surface area contributed by atoms with Crippen LogP contribution >= 0.6 is 0 Å². The predicted molar refractivity (Wildman–Crippen MR) is 94.7 cm³/mol. The minimum absolute atomic E-state index is 0.165. The summed E-state index contributed by atoms with van der Waals surface area (Å²) in [5.41, 5.74) is 3.86. The number of aromatic nitrogens is 1. The maximum atomic E-state index is 12.3. The van der Waals surface area contributed by atoms with Crippen molar-refractivity contribution in [3.8, 4) is 11.3 Å². The van der Waals surface area contributed by atoms with Gasteiger partial charge >= 0.3 is 0 Å². The molecule has 0 saturated carbocycles. The van der Waals surface area contributed by atoms with Crippen LogP contribution in [0.1, 0.15) is 15.9 Å². The number of carbonyl (C=O) groups is 1. The normalized spacial score (nSPS) is 12.0. The van der Waals surface area contributed by atoms with Gasteiger partial charge in [0.05, 0.1) is 10.6 Å². The average Bonchev–Trinajstić information content (AvgIpc) is 2.92. The van der Waals surface area contributed by atoms with Crippen LogP contribution in [-0.2, 0) is 10.0 Å². The molecule has 24 heavy (non-hydrogen) atoms. The van der Waals surface area contributed by atoms with E-state index in [4.69, 9.17) is 0 Å². The van der Waals surface area contributed by atoms with E-state index in [9.17, 15) is 13.2 Å². The van der Waals surface area contributed by atoms with E-state index in [1.54, 1.807) is 18.2 Å². The summed E-state index contributed by atoms with van der Waals surface area (Å²) in [5, 5.41) is 0.603. The maximum absolute atomic E-state index is 12.3. The summed E-state index contributed by atoms with van der Waals surface area (Å²) in [6, 6.07) is 12.5. The maximum Gasteiger partial charge on any atom is 0.242 e. The van der Waals surface area contributed by atoms with E-state index in [0.717, 1.165) is 27.2 Å². The van der Waals surface area contributed by atoms with E-state index < -0.39 is 10.0 Å². The Bertz CT molecular complexity index is 1030. The summed E-state index contributed by atoms with van der Waals surface area (Å²) in [4.78, 5) is 15.1. The van der Waals surface area contributed by atoms with E-state index in [1.807, 2.05) is 31.2 Å². The first-order valence-corrected chi connectivity index (χ1v) is 8.89. The largest absolute Gasteiger partial charge is 0.354 e. The summed E-state index contributed by atoms with van der Waals surface area (Å²) in [5.74, 6) is 0. The summed E-state index contributed by atoms with van der Waals surface area (Å²) >= 11 is 0. The minimum atomic E-state index is -3.55. The van der Waals surface area contributed by atoms with E-state index in [0.29, 0.717) is 16.6 Å². The molecule has 6 heteroatoms. The van der Waals surface area contributed by atoms with Crippen molar-refractivity contribution in [3.05, 3.63) is 53.6 Å². The number of nitrogens with one attached hydrogen (secondary N) is 1. The van der Waals surface area contributed by atoms with Gasteiger partial charge in [-0.3, -0.25) is 4.79 Å². The molecule has 0 aliphatic rings. The molecule has 0 spiro atoms. The van der Waals surface area contributed by atoms with Gasteiger partial charge < -0.3 is 4.98 Å². The zero-order valence-corrected chi connectivity index (χ0v) is 14.5. The van der Waals surface area contributed by atoms with Crippen LogP contribution in [0.25, 0.3) is 22.2 Å². The van der Waals surface area contributed by atoms with Crippen LogP contribution < -0.4 is 0 Å². The standard InChI is InChI=1S/C18H18N2O3S/c1-12-6-4-5-7-14(12)18-16(11-21)15-10-13(8-9-17(15)19-18)24(22,23)20(2)3/h4-11,19H,1-3H3. The van der Waals surface area contributed by atoms with Gasteiger partial charge in [-0.2, -0.15) is 0 Å². The van der Waals surface area contributed by atoms with Crippen LogP contribution in [0.5, 0.6) is 0 Å². The van der Waals surface area contributed by atoms with Crippen LogP contribution in [-0.4, -0.2) is 38.1 Å². The zero-order chi connectivity index (χ0) is 17.5. The lowest BCUT2D eigenvalue weighted by Gasteiger charge is -2.11. The molecule has 0 radical (unpaired) electrons. The zero-order valence-electron chi connectivity index (χ0n) is 13.7. The molecule has 0 aliphatic heterocycles. The molecule has 5 nitrogen and oxygen atoms in total. The molecule has 0 saturated heterocycles. The molecule has 0 fully saturated rings. The van der Waals surface area contributed by atoms with Gasteiger partial charge in [-0.05, 0) is 30.7 Å². The molecule has 1 N–H and O–H groups in total. The monoisotopic (exact) mass is 342 g/mol. The molecule has 1 heterocycles. The molecule has 0 amide bonds. The number of H-pyrrole nitrogens is 1. The Kier molecular flexibility index (Phi) is 4.03. The summed E-state index contributed by atoms with van der Waals surface area (Å²) in [6.07, 6.45) is 0.771. The number of sulfonamides is 1. The van der Waals surface area contributed by atoms with Crippen LogP contribution in [0.15, 0.2) is 47.4 Å². The number of fused-ring (bicyclic) bond motifs is 1. The molecule has 0 aliphatic carbocycles. The second kappa shape index (κ2) is 5.89. The fraction of sp³-hybridized carbons (Fsp3) is 0.167. The second-order valence-corrected chi connectivity index (χ2v) is 7.99. The fourth-order valence-corrected chi connectivity index (χ4v) is 3.68. The second-order valence-electron chi connectivity index (χ2n) is 5.84. The van der Waals surface area contributed by atoms with Gasteiger partial charge in [-0.15, -0.1) is 0 Å². The molecule has 3 rings (SSSR count). The van der Waals surface area contributed by atoms with Crippen LogP contribution in [0.3, 0.4) is 0 Å². The van der Waals surface area contributed by atoms with Gasteiger partial charge in [0.2, 0.25) is 10.0 Å². The number of aldehydes is 1. The molecular formula is C18H18N2O3S. The Morgan fingerprint density at radius 2 is 1.79 bits per heavy atom. The number of benzene rings is 2. The number of hydrogen-bond donors (Lipinski definition) is 1. The lowest BCUT2D eigenvalue weighted by molar-refractivity contribution is 0.112. The quantitative estimate of drug-likeness (QED) is 0.740. The van der Waals surface area contributed by atoms with Crippen molar-refractivity contribution in [1.82, 2.24) is 9.29 Å². The smallest absolute Gasteiger partial charge is 0.242 e. The molecular weight excluding hydrogens is 324 g/mol. The third-order valence-electron chi connectivity index (χ3n) is 4.12. The number of rotatable bonds is 4. The van der Waals surface area contributed by atoms with Gasteiger partial charge in [0, 0.05) is 36.1 Å². The first-order chi connectivity index (χ1) is 11.4. The highest BCUT2D eigenvalue weighted by Crippen LogP contribution is 2.32. The van der Waals surface area contributed by atoms with Gasteiger partial charge in [0.15, 0.2) is 6.29 Å². The van der Waals surface area contributed by atoms with Crippen LogP contribution in [0.2, 0.25) is 0 Å². The van der Waals surface area contributed by atoms with Crippen molar-refractivity contribution in [2.24, 2.45) is 0 Å². The number of carbonyl (C=O) groups excluding carboxylic acids is 1. The molecule has 124 valence electrons. The number of aromatic amines is 1. The topological polar surface area (TPSA) is 70.2 Å². The average molecular weight is 342 g/mol. The molecule has 0 bridgehead atoms. The Balaban J connectivity index is 2.29. The van der Waals surface area contributed by atoms with E-state index in [-0.39, 0.29) is 4.90 Å². The Morgan fingerprint density at radius 3 is 2.42 bits per heavy atom. The van der Waals surface area contributed by atoms with Gasteiger partial charge in [-0.25, -0.2) is 12.7 Å². The number of nitrogens with zero attached hydrogens (tertiary/aromatic N) is 1. The molecule has 3 aromatic rings. The SMILES string of the molecule is Cc1ccccc1-c1[nH]c2ccc(S(=O)(=O)N(C)C)cc2c1C=O. The highest BCUT2D eigenvalue weighted by molar-refractivity contribution is 7.89. The van der Waals surface area contributed by atoms with Crippen molar-refractivity contribution in [3.63, 3.8) is 0 Å². The summed E-state index contributed by atoms with van der Waals surface area (Å²) in [6.45, 7) is 1.97. The van der Waals surface area contributed by atoms with E-state index in [2.05, 4.69) is 4.98 Å². The number of aryl methyl sites for hydroxylation is 1. The minimum Gasteiger partial charge on any atom is -0.354 e. The van der Waals surface area contributed by atoms with Crippen molar-refractivity contribution in [2.75, 3.05) is 14.1 Å². The molecule has 0 atom stereocenters. The highest BCUT2D eigenvalue weighted by atomic mass is 32.2. The van der Waals surface area contributed by atoms with Gasteiger partial charge in [-0.1, -0.05) is 24.3 Å². The highest BCUT2D eigenvalue weighted by Gasteiger charge is 2.20. The molecule has 0 unspecified atom stereocenters. The summed E-state index contributed by atoms with van der Waals surface area (Å²) in [7, 11) is -0.589. The Morgan fingerprint density at radius 1 is 1.08 bits per heavy atom. The Hall–Kier alpha value is -2.44. The lowest BCUT2D eigenvalue weighted by Crippen LogP contribution is -2.22. The first kappa shape index (κ1) is 16.4. The third-order valence-corrected chi connectivity index (χ3v) is 5.93. The van der Waals surface area contributed by atoms with Crippen molar-refractivity contribution in [1.29, 1.82) is 0 Å². The first-order valence-electron chi connectivity index (χ1n) is 7.45. The van der Waals surface area contributed by atoms with Crippen LogP contribution in [0.4, 0.5) is 0 Å². The van der Waals surface area contributed by atoms with Crippen molar-refractivity contribution in [2.45, 2.75) is 11.8 Å². The predicted octanol–water partition coefficient (Wildman–Crippen LogP) is 3.21. The van der Waals surface area contributed by atoms with Crippen LogP contribution in [0, 0.1) is 6.92 Å². The Labute approximate surface area is 141 Å². The van der Waals surface area contributed by atoms with Gasteiger partial charge in [0.25, 0.3) is 0 Å².